The first-order valence-electron chi connectivity index (χ1n) is 10.6. The van der Waals surface area contributed by atoms with Crippen LogP contribution >= 0.6 is 11.8 Å². The summed E-state index contributed by atoms with van der Waals surface area (Å²) in [6, 6.07) is 19.6. The number of carbonyl (C=O) groups excluding carboxylic acids is 3. The minimum atomic E-state index is -0.308. The fraction of sp³-hybridized carbons (Fsp3) is 0.115. The summed E-state index contributed by atoms with van der Waals surface area (Å²) in [5, 5.41) is 11.9. The Morgan fingerprint density at radius 2 is 1.62 bits per heavy atom. The zero-order chi connectivity index (χ0) is 23.8. The molecule has 5 rings (SSSR count). The lowest BCUT2D eigenvalue weighted by molar-refractivity contribution is -0.113. The molecule has 0 unspecified atom stereocenters. The number of aryl methyl sites for hydroxylation is 1. The van der Waals surface area contributed by atoms with E-state index in [0.717, 1.165) is 11.1 Å². The monoisotopic (exact) mass is 468 g/mol. The molecule has 8 heteroatoms. The molecule has 0 bridgehead atoms. The molecule has 1 aliphatic rings. The van der Waals surface area contributed by atoms with Crippen molar-refractivity contribution in [2.75, 3.05) is 11.1 Å². The van der Waals surface area contributed by atoms with Crippen LogP contribution < -0.4 is 5.32 Å². The molecule has 1 heterocycles. The van der Waals surface area contributed by atoms with Crippen molar-refractivity contribution < 1.29 is 14.4 Å². The number of ketones is 2. The third-order valence-electron chi connectivity index (χ3n) is 5.67. The van der Waals surface area contributed by atoms with Crippen molar-refractivity contribution in [2.24, 2.45) is 7.05 Å². The van der Waals surface area contributed by atoms with Crippen LogP contribution in [0.2, 0.25) is 0 Å². The summed E-state index contributed by atoms with van der Waals surface area (Å²) in [4.78, 5) is 38.8. The van der Waals surface area contributed by atoms with Gasteiger partial charge in [0.05, 0.1) is 17.0 Å². The van der Waals surface area contributed by atoms with Gasteiger partial charge in [0.15, 0.2) is 22.5 Å². The third kappa shape index (κ3) is 3.82. The van der Waals surface area contributed by atoms with Crippen LogP contribution in [0.4, 0.5) is 5.69 Å². The molecule has 0 atom stereocenters. The molecule has 1 N–H and O–H groups in total. The summed E-state index contributed by atoms with van der Waals surface area (Å²) >= 11 is 1.25. The molecule has 168 valence electrons. The standard InChI is InChI=1S/C26H20N4O3S/c1-15-7-5-8-16(13-15)25-28-29-26(30(25)2)34-14-21(31)27-20-12-6-11-19-22(20)24(33)18-10-4-3-9-17(18)23(19)32/h3-13H,14H2,1-2H3,(H,27,31). The van der Waals surface area contributed by atoms with Gasteiger partial charge in [0.1, 0.15) is 0 Å². The van der Waals surface area contributed by atoms with Crippen LogP contribution in [0.3, 0.4) is 0 Å². The van der Waals surface area contributed by atoms with Gasteiger partial charge in [-0.05, 0) is 19.1 Å². The molecular weight excluding hydrogens is 448 g/mol. The van der Waals surface area contributed by atoms with Crippen molar-refractivity contribution in [1.29, 1.82) is 0 Å². The molecule has 0 saturated carbocycles. The van der Waals surface area contributed by atoms with Gasteiger partial charge in [0, 0.05) is 29.3 Å². The highest BCUT2D eigenvalue weighted by Gasteiger charge is 2.31. The Kier molecular flexibility index (Phi) is 5.59. The van der Waals surface area contributed by atoms with Crippen LogP contribution in [0.5, 0.6) is 0 Å². The molecule has 7 nitrogen and oxygen atoms in total. The smallest absolute Gasteiger partial charge is 0.234 e. The molecule has 4 aromatic rings. The molecule has 0 fully saturated rings. The molecule has 0 radical (unpaired) electrons. The van der Waals surface area contributed by atoms with Crippen LogP contribution in [0.15, 0.2) is 71.9 Å². The summed E-state index contributed by atoms with van der Waals surface area (Å²) in [5.74, 6) is -0.0187. The summed E-state index contributed by atoms with van der Waals surface area (Å²) in [5.41, 5.74) is 3.65. The fourth-order valence-corrected chi connectivity index (χ4v) is 4.75. The van der Waals surface area contributed by atoms with Gasteiger partial charge in [0.25, 0.3) is 0 Å². The van der Waals surface area contributed by atoms with E-state index in [1.165, 1.54) is 11.8 Å². The quantitative estimate of drug-likeness (QED) is 0.387. The summed E-state index contributed by atoms with van der Waals surface area (Å²) in [6.07, 6.45) is 0. The van der Waals surface area contributed by atoms with Gasteiger partial charge in [0.2, 0.25) is 5.91 Å². The molecule has 1 aliphatic carbocycles. The first-order valence-corrected chi connectivity index (χ1v) is 11.6. The molecule has 0 saturated heterocycles. The van der Waals surface area contributed by atoms with Gasteiger partial charge in [-0.15, -0.1) is 10.2 Å². The van der Waals surface area contributed by atoms with E-state index in [9.17, 15) is 14.4 Å². The molecule has 1 amide bonds. The molecule has 0 aliphatic heterocycles. The summed E-state index contributed by atoms with van der Waals surface area (Å²) in [7, 11) is 1.85. The topological polar surface area (TPSA) is 94.0 Å². The molecule has 1 aromatic heterocycles. The second-order valence-electron chi connectivity index (χ2n) is 8.00. The molecule has 3 aromatic carbocycles. The second-order valence-corrected chi connectivity index (χ2v) is 8.95. The van der Waals surface area contributed by atoms with Crippen LogP contribution in [0.1, 0.15) is 37.4 Å². The Bertz CT molecular complexity index is 1470. The number of fused-ring (bicyclic) bond motifs is 2. The number of amides is 1. The van der Waals surface area contributed by atoms with E-state index >= 15 is 0 Å². The summed E-state index contributed by atoms with van der Waals surface area (Å²) < 4.78 is 1.84. The van der Waals surface area contributed by atoms with E-state index < -0.39 is 0 Å². The number of nitrogens with one attached hydrogen (secondary N) is 1. The second kappa shape index (κ2) is 8.72. The lowest BCUT2D eigenvalue weighted by Gasteiger charge is -2.20. The number of aromatic nitrogens is 3. The van der Waals surface area contributed by atoms with Crippen molar-refractivity contribution in [3.8, 4) is 11.4 Å². The summed E-state index contributed by atoms with van der Waals surface area (Å²) in [6.45, 7) is 2.01. The van der Waals surface area contributed by atoms with E-state index in [-0.39, 0.29) is 28.8 Å². The van der Waals surface area contributed by atoms with Gasteiger partial charge in [-0.3, -0.25) is 14.4 Å². The van der Waals surface area contributed by atoms with Crippen molar-refractivity contribution in [1.82, 2.24) is 14.8 Å². The SMILES string of the molecule is Cc1cccc(-c2nnc(SCC(=O)Nc3cccc4c3C(=O)c3ccccc3C4=O)n2C)c1. The molecule has 0 spiro atoms. The highest BCUT2D eigenvalue weighted by molar-refractivity contribution is 7.99. The van der Waals surface area contributed by atoms with Crippen LogP contribution in [0.25, 0.3) is 11.4 Å². The highest BCUT2D eigenvalue weighted by atomic mass is 32.2. The van der Waals surface area contributed by atoms with Crippen molar-refractivity contribution >= 4 is 34.9 Å². The number of hydrogen-bond donors (Lipinski definition) is 1. The van der Waals surface area contributed by atoms with E-state index in [2.05, 4.69) is 15.5 Å². The maximum Gasteiger partial charge on any atom is 0.234 e. The highest BCUT2D eigenvalue weighted by Crippen LogP contribution is 2.32. The lowest BCUT2D eigenvalue weighted by atomic mass is 9.83. The predicted molar refractivity (Wildman–Crippen MR) is 130 cm³/mol. The maximum atomic E-state index is 13.1. The largest absolute Gasteiger partial charge is 0.325 e. The first-order chi connectivity index (χ1) is 16.4. The zero-order valence-electron chi connectivity index (χ0n) is 18.5. The predicted octanol–water partition coefficient (Wildman–Crippen LogP) is 4.30. The Morgan fingerprint density at radius 3 is 2.38 bits per heavy atom. The van der Waals surface area contributed by atoms with E-state index in [0.29, 0.717) is 33.4 Å². The first kappa shape index (κ1) is 21.8. The Labute approximate surface area is 200 Å². The number of nitrogens with zero attached hydrogens (tertiary/aromatic N) is 3. The average Bonchev–Trinajstić information content (AvgIpc) is 3.21. The number of rotatable bonds is 5. The van der Waals surface area contributed by atoms with Crippen molar-refractivity contribution in [2.45, 2.75) is 12.1 Å². The lowest BCUT2D eigenvalue weighted by Crippen LogP contribution is -2.24. The van der Waals surface area contributed by atoms with Gasteiger partial charge in [-0.2, -0.15) is 0 Å². The molecule has 34 heavy (non-hydrogen) atoms. The Morgan fingerprint density at radius 1 is 0.912 bits per heavy atom. The number of benzene rings is 3. The maximum absolute atomic E-state index is 13.1. The minimum absolute atomic E-state index is 0.0716. The van der Waals surface area contributed by atoms with Crippen molar-refractivity contribution in [3.63, 3.8) is 0 Å². The van der Waals surface area contributed by atoms with E-state index in [1.807, 2.05) is 42.8 Å². The van der Waals surface area contributed by atoms with Gasteiger partial charge in [-0.1, -0.05) is 71.9 Å². The van der Waals surface area contributed by atoms with Crippen LogP contribution in [-0.2, 0) is 11.8 Å². The van der Waals surface area contributed by atoms with Gasteiger partial charge < -0.3 is 9.88 Å². The fourth-order valence-electron chi connectivity index (χ4n) is 4.04. The molecular formula is C26H20N4O3S. The minimum Gasteiger partial charge on any atom is -0.325 e. The van der Waals surface area contributed by atoms with Crippen LogP contribution in [0, 0.1) is 6.92 Å². The van der Waals surface area contributed by atoms with E-state index in [4.69, 9.17) is 0 Å². The number of hydrogen-bond acceptors (Lipinski definition) is 6. The van der Waals surface area contributed by atoms with Crippen molar-refractivity contribution in [3.05, 3.63) is 94.5 Å². The zero-order valence-corrected chi connectivity index (χ0v) is 19.3. The number of anilines is 1. The van der Waals surface area contributed by atoms with Crippen LogP contribution in [-0.4, -0.2) is 38.0 Å². The average molecular weight is 469 g/mol. The Balaban J connectivity index is 1.33. The number of thioether (sulfide) groups is 1. The van der Waals surface area contributed by atoms with E-state index in [1.54, 1.807) is 42.5 Å². The number of carbonyl (C=O) groups is 3. The Hall–Kier alpha value is -4.04. The third-order valence-corrected chi connectivity index (χ3v) is 6.69. The normalized spacial score (nSPS) is 12.3. The van der Waals surface area contributed by atoms with Gasteiger partial charge in [-0.25, -0.2) is 0 Å². The van der Waals surface area contributed by atoms with Gasteiger partial charge >= 0.3 is 0 Å².